The highest BCUT2D eigenvalue weighted by Gasteiger charge is 2.03. The summed E-state index contributed by atoms with van der Waals surface area (Å²) in [6.07, 6.45) is 8.33. The quantitative estimate of drug-likeness (QED) is 0.733. The minimum absolute atomic E-state index is 0.271. The molecular weight excluding hydrogens is 309 g/mol. The summed E-state index contributed by atoms with van der Waals surface area (Å²) in [4.78, 5) is 11.9. The van der Waals surface area contributed by atoms with Gasteiger partial charge in [-0.3, -0.25) is 14.2 Å². The highest BCUT2D eigenvalue weighted by atomic mass is 19.1. The summed E-state index contributed by atoms with van der Waals surface area (Å²) >= 11 is 0. The molecule has 1 amide bonds. The van der Waals surface area contributed by atoms with Gasteiger partial charge >= 0.3 is 0 Å². The van der Waals surface area contributed by atoms with Crippen molar-refractivity contribution in [3.8, 4) is 0 Å². The van der Waals surface area contributed by atoms with E-state index >= 15 is 0 Å². The normalized spacial score (nSPS) is 11.1. The Morgan fingerprint density at radius 3 is 2.79 bits per heavy atom. The van der Waals surface area contributed by atoms with Crippen LogP contribution in [0.15, 0.2) is 55.0 Å². The van der Waals surface area contributed by atoms with Crippen molar-refractivity contribution in [3.05, 3.63) is 71.9 Å². The maximum atomic E-state index is 12.9. The van der Waals surface area contributed by atoms with E-state index < -0.39 is 0 Å². The number of carbonyl (C=O) groups excluding carboxylic acids is 1. The Bertz CT molecular complexity index is 863. The monoisotopic (exact) mass is 325 g/mol. The highest BCUT2D eigenvalue weighted by molar-refractivity contribution is 6.01. The number of carbonyl (C=O) groups is 1. The summed E-state index contributed by atoms with van der Waals surface area (Å²) in [5, 5.41) is 11.0. The lowest BCUT2D eigenvalue weighted by atomic mass is 10.2. The molecule has 24 heavy (non-hydrogen) atoms. The van der Waals surface area contributed by atoms with E-state index in [2.05, 4.69) is 15.5 Å². The third-order valence-electron chi connectivity index (χ3n) is 3.30. The Hall–Kier alpha value is -3.22. The fraction of sp³-hybridized carbons (Fsp3) is 0.118. The van der Waals surface area contributed by atoms with E-state index in [9.17, 15) is 9.18 Å². The molecule has 0 radical (unpaired) electrons. The number of nitrogens with zero attached hydrogens (tertiary/aromatic N) is 4. The molecule has 6 nitrogen and oxygen atoms in total. The van der Waals surface area contributed by atoms with Crippen molar-refractivity contribution < 1.29 is 9.18 Å². The number of amides is 1. The van der Waals surface area contributed by atoms with Crippen LogP contribution in [0.25, 0.3) is 6.08 Å². The van der Waals surface area contributed by atoms with Crippen molar-refractivity contribution in [3.63, 3.8) is 0 Å². The van der Waals surface area contributed by atoms with Gasteiger partial charge in [0.2, 0.25) is 5.91 Å². The van der Waals surface area contributed by atoms with Crippen LogP contribution in [0.1, 0.15) is 11.1 Å². The third kappa shape index (κ3) is 4.16. The number of aryl methyl sites for hydroxylation is 1. The minimum atomic E-state index is -0.272. The number of hydrogen-bond acceptors (Lipinski definition) is 3. The lowest BCUT2D eigenvalue weighted by molar-refractivity contribution is -0.111. The third-order valence-corrected chi connectivity index (χ3v) is 3.30. The van der Waals surface area contributed by atoms with Crippen LogP contribution in [0, 0.1) is 5.82 Å². The Kier molecular flexibility index (Phi) is 4.51. The predicted octanol–water partition coefficient (Wildman–Crippen LogP) is 2.46. The van der Waals surface area contributed by atoms with Gasteiger partial charge in [0.15, 0.2) is 5.82 Å². The zero-order valence-corrected chi connectivity index (χ0v) is 13.1. The molecule has 0 saturated carbocycles. The maximum absolute atomic E-state index is 12.9. The van der Waals surface area contributed by atoms with E-state index in [1.807, 2.05) is 7.05 Å². The van der Waals surface area contributed by atoms with Crippen LogP contribution in [0.4, 0.5) is 10.2 Å². The second-order valence-electron chi connectivity index (χ2n) is 5.29. The molecule has 0 bridgehead atoms. The largest absolute Gasteiger partial charge is 0.306 e. The van der Waals surface area contributed by atoms with E-state index in [4.69, 9.17) is 0 Å². The molecule has 3 rings (SSSR count). The first-order chi connectivity index (χ1) is 11.6. The van der Waals surface area contributed by atoms with Crippen LogP contribution in [-0.2, 0) is 18.4 Å². The number of benzene rings is 1. The SMILES string of the molecule is Cn1cc(/C=C/C(=O)Nc2ccn(Cc3ccc(F)cc3)n2)cn1. The van der Waals surface area contributed by atoms with Crippen molar-refractivity contribution in [2.45, 2.75) is 6.54 Å². The second kappa shape index (κ2) is 6.91. The number of anilines is 1. The maximum Gasteiger partial charge on any atom is 0.249 e. The van der Waals surface area contributed by atoms with Gasteiger partial charge in [0, 0.05) is 37.1 Å². The van der Waals surface area contributed by atoms with Crippen LogP contribution in [0.3, 0.4) is 0 Å². The molecule has 0 spiro atoms. The van der Waals surface area contributed by atoms with Gasteiger partial charge in [-0.25, -0.2) is 4.39 Å². The minimum Gasteiger partial charge on any atom is -0.306 e. The van der Waals surface area contributed by atoms with E-state index in [0.717, 1.165) is 11.1 Å². The van der Waals surface area contributed by atoms with Crippen molar-refractivity contribution in [2.75, 3.05) is 5.32 Å². The van der Waals surface area contributed by atoms with Crippen LogP contribution in [0.2, 0.25) is 0 Å². The van der Waals surface area contributed by atoms with Crippen molar-refractivity contribution in [2.24, 2.45) is 7.05 Å². The fourth-order valence-electron chi connectivity index (χ4n) is 2.16. The van der Waals surface area contributed by atoms with Gasteiger partial charge in [-0.15, -0.1) is 0 Å². The first kappa shape index (κ1) is 15.7. The average molecular weight is 325 g/mol. The number of nitrogens with one attached hydrogen (secondary N) is 1. The fourth-order valence-corrected chi connectivity index (χ4v) is 2.16. The molecule has 7 heteroatoms. The molecule has 0 fully saturated rings. The molecule has 2 heterocycles. The van der Waals surface area contributed by atoms with Gasteiger partial charge in [-0.05, 0) is 23.8 Å². The van der Waals surface area contributed by atoms with Crippen LogP contribution in [-0.4, -0.2) is 25.5 Å². The van der Waals surface area contributed by atoms with Crippen molar-refractivity contribution >= 4 is 17.8 Å². The summed E-state index contributed by atoms with van der Waals surface area (Å²) in [6.45, 7) is 0.502. The van der Waals surface area contributed by atoms with Gasteiger partial charge in [-0.2, -0.15) is 10.2 Å². The molecule has 122 valence electrons. The molecule has 0 unspecified atom stereocenters. The first-order valence-electron chi connectivity index (χ1n) is 7.34. The van der Waals surface area contributed by atoms with Crippen LogP contribution in [0.5, 0.6) is 0 Å². The average Bonchev–Trinajstić information content (AvgIpc) is 3.17. The number of halogens is 1. The number of hydrogen-bond donors (Lipinski definition) is 1. The Morgan fingerprint density at radius 1 is 1.29 bits per heavy atom. The zero-order chi connectivity index (χ0) is 16.9. The Balaban J connectivity index is 1.58. The molecule has 0 aliphatic carbocycles. The molecule has 3 aromatic rings. The number of rotatable bonds is 5. The molecule has 0 atom stereocenters. The summed E-state index contributed by atoms with van der Waals surface area (Å²) in [6, 6.07) is 7.92. The molecular formula is C17H16FN5O. The topological polar surface area (TPSA) is 64.7 Å². The van der Waals surface area contributed by atoms with Gasteiger partial charge in [0.25, 0.3) is 0 Å². The molecule has 0 aliphatic heterocycles. The van der Waals surface area contributed by atoms with Crippen molar-refractivity contribution in [1.82, 2.24) is 19.6 Å². The standard InChI is InChI=1S/C17H16FN5O/c1-22-11-14(10-19-22)4-7-17(24)20-16-8-9-23(21-16)12-13-2-5-15(18)6-3-13/h2-11H,12H2,1H3,(H,20,21,24)/b7-4+. The Labute approximate surface area is 138 Å². The zero-order valence-electron chi connectivity index (χ0n) is 13.1. The van der Waals surface area contributed by atoms with Gasteiger partial charge in [-0.1, -0.05) is 12.1 Å². The summed E-state index contributed by atoms with van der Waals surface area (Å²) < 4.78 is 16.2. The van der Waals surface area contributed by atoms with Crippen LogP contribution >= 0.6 is 0 Å². The van der Waals surface area contributed by atoms with Crippen molar-refractivity contribution in [1.29, 1.82) is 0 Å². The van der Waals surface area contributed by atoms with Gasteiger partial charge in [0.1, 0.15) is 5.82 Å². The molecule has 2 aromatic heterocycles. The van der Waals surface area contributed by atoms with Crippen LogP contribution < -0.4 is 5.32 Å². The molecule has 1 N–H and O–H groups in total. The molecule has 0 aliphatic rings. The van der Waals surface area contributed by atoms with Gasteiger partial charge in [0.05, 0.1) is 12.7 Å². The smallest absolute Gasteiger partial charge is 0.249 e. The predicted molar refractivity (Wildman–Crippen MR) is 88.6 cm³/mol. The highest BCUT2D eigenvalue weighted by Crippen LogP contribution is 2.08. The first-order valence-corrected chi connectivity index (χ1v) is 7.34. The van der Waals surface area contributed by atoms with E-state index in [1.54, 1.807) is 52.2 Å². The van der Waals surface area contributed by atoms with Gasteiger partial charge < -0.3 is 5.32 Å². The van der Waals surface area contributed by atoms with E-state index in [-0.39, 0.29) is 11.7 Å². The summed E-state index contributed by atoms with van der Waals surface area (Å²) in [7, 11) is 1.81. The lowest BCUT2D eigenvalue weighted by Crippen LogP contribution is -2.09. The van der Waals surface area contributed by atoms with E-state index in [0.29, 0.717) is 12.4 Å². The lowest BCUT2D eigenvalue weighted by Gasteiger charge is -2.02. The molecule has 1 aromatic carbocycles. The molecule has 0 saturated heterocycles. The summed E-state index contributed by atoms with van der Waals surface area (Å²) in [5.74, 6) is -0.0867. The number of aromatic nitrogens is 4. The van der Waals surface area contributed by atoms with E-state index in [1.165, 1.54) is 18.2 Å². The second-order valence-corrected chi connectivity index (χ2v) is 5.29. The summed E-state index contributed by atoms with van der Waals surface area (Å²) in [5.41, 5.74) is 1.77. The Morgan fingerprint density at radius 2 is 2.08 bits per heavy atom.